The fourth-order valence-electron chi connectivity index (χ4n) is 2.23. The molecule has 0 saturated carbocycles. The van der Waals surface area contributed by atoms with Crippen molar-refractivity contribution in [3.63, 3.8) is 0 Å². The van der Waals surface area contributed by atoms with Crippen molar-refractivity contribution in [2.45, 2.75) is 12.8 Å². The Morgan fingerprint density at radius 3 is 3.00 bits per heavy atom. The lowest BCUT2D eigenvalue weighted by atomic mass is 9.98. The largest absolute Gasteiger partial charge is 0.505 e. The van der Waals surface area contributed by atoms with Gasteiger partial charge in [0.15, 0.2) is 5.69 Å². The van der Waals surface area contributed by atoms with E-state index < -0.39 is 0 Å². The topological polar surface area (TPSA) is 79.7 Å². The number of nitrogens with zero attached hydrogens (tertiary/aromatic N) is 2. The van der Waals surface area contributed by atoms with Crippen LogP contribution >= 0.6 is 0 Å². The van der Waals surface area contributed by atoms with E-state index in [1.807, 2.05) is 0 Å². The molecule has 1 saturated heterocycles. The summed E-state index contributed by atoms with van der Waals surface area (Å²) in [6, 6.07) is 2.97. The zero-order valence-corrected chi connectivity index (χ0v) is 10.7. The molecule has 0 aromatic carbocycles. The molecule has 19 heavy (non-hydrogen) atoms. The number of aromatic nitrogens is 1. The van der Waals surface area contributed by atoms with Crippen molar-refractivity contribution in [2.24, 2.45) is 5.92 Å². The normalized spacial score (nSPS) is 19.0. The molecule has 1 aliphatic heterocycles. The molecule has 0 aliphatic carbocycles. The second-order valence-electron chi connectivity index (χ2n) is 4.48. The molecule has 1 amide bonds. The Morgan fingerprint density at radius 2 is 2.32 bits per heavy atom. The maximum Gasteiger partial charge on any atom is 0.310 e. The highest BCUT2D eigenvalue weighted by atomic mass is 16.5. The van der Waals surface area contributed by atoms with Crippen LogP contribution in [0.3, 0.4) is 0 Å². The lowest BCUT2D eigenvalue weighted by Crippen LogP contribution is -2.42. The molecule has 1 unspecified atom stereocenters. The number of carbonyl (C=O) groups is 2. The van der Waals surface area contributed by atoms with Gasteiger partial charge < -0.3 is 14.7 Å². The zero-order valence-electron chi connectivity index (χ0n) is 10.7. The number of piperidine rings is 1. The number of pyridine rings is 1. The van der Waals surface area contributed by atoms with Crippen LogP contribution in [0, 0.1) is 5.92 Å². The molecule has 1 aromatic rings. The van der Waals surface area contributed by atoms with Gasteiger partial charge in [0.25, 0.3) is 5.91 Å². The summed E-state index contributed by atoms with van der Waals surface area (Å²) in [5.41, 5.74) is 0.0213. The number of aromatic hydroxyl groups is 1. The number of rotatable bonds is 2. The number of amides is 1. The van der Waals surface area contributed by atoms with E-state index in [4.69, 9.17) is 4.74 Å². The highest BCUT2D eigenvalue weighted by molar-refractivity contribution is 5.95. The average Bonchev–Trinajstić information content (AvgIpc) is 2.46. The number of hydrogen-bond acceptors (Lipinski definition) is 5. The van der Waals surface area contributed by atoms with Gasteiger partial charge in [-0.3, -0.25) is 9.59 Å². The molecule has 2 rings (SSSR count). The summed E-state index contributed by atoms with van der Waals surface area (Å²) in [5.74, 6) is -1.10. The first-order chi connectivity index (χ1) is 9.13. The average molecular weight is 264 g/mol. The van der Waals surface area contributed by atoms with E-state index in [1.54, 1.807) is 6.07 Å². The van der Waals surface area contributed by atoms with Gasteiger partial charge in [-0.25, -0.2) is 4.98 Å². The lowest BCUT2D eigenvalue weighted by molar-refractivity contribution is -0.146. The van der Waals surface area contributed by atoms with Crippen molar-refractivity contribution in [2.75, 3.05) is 20.2 Å². The van der Waals surface area contributed by atoms with E-state index in [-0.39, 0.29) is 29.2 Å². The Morgan fingerprint density at radius 1 is 1.53 bits per heavy atom. The van der Waals surface area contributed by atoms with Gasteiger partial charge in [0.1, 0.15) is 5.75 Å². The minimum absolute atomic E-state index is 0.0213. The van der Waals surface area contributed by atoms with Gasteiger partial charge in [0.05, 0.1) is 13.0 Å². The van der Waals surface area contributed by atoms with Gasteiger partial charge in [0, 0.05) is 19.3 Å². The monoisotopic (exact) mass is 264 g/mol. The highest BCUT2D eigenvalue weighted by Crippen LogP contribution is 2.21. The zero-order chi connectivity index (χ0) is 13.8. The van der Waals surface area contributed by atoms with Crippen LogP contribution in [-0.4, -0.2) is 47.1 Å². The maximum atomic E-state index is 12.2. The molecule has 0 radical (unpaired) electrons. The van der Waals surface area contributed by atoms with Gasteiger partial charge in [-0.1, -0.05) is 0 Å². The van der Waals surface area contributed by atoms with Gasteiger partial charge in [-0.15, -0.1) is 0 Å². The summed E-state index contributed by atoms with van der Waals surface area (Å²) in [5, 5.41) is 9.63. The van der Waals surface area contributed by atoms with Crippen molar-refractivity contribution in [3.8, 4) is 5.75 Å². The van der Waals surface area contributed by atoms with Crippen molar-refractivity contribution >= 4 is 11.9 Å². The molecule has 1 aliphatic rings. The third kappa shape index (κ3) is 2.83. The minimum Gasteiger partial charge on any atom is -0.505 e. The number of ether oxygens (including phenoxy) is 1. The van der Waals surface area contributed by atoms with Gasteiger partial charge in [-0.2, -0.15) is 0 Å². The van der Waals surface area contributed by atoms with E-state index in [9.17, 15) is 14.7 Å². The van der Waals surface area contributed by atoms with Crippen LogP contribution in [0.1, 0.15) is 23.3 Å². The smallest absolute Gasteiger partial charge is 0.310 e. The first kappa shape index (κ1) is 13.3. The van der Waals surface area contributed by atoms with Gasteiger partial charge in [0.2, 0.25) is 0 Å². The van der Waals surface area contributed by atoms with Crippen LogP contribution in [0.15, 0.2) is 18.3 Å². The van der Waals surface area contributed by atoms with Crippen molar-refractivity contribution < 1.29 is 19.4 Å². The quantitative estimate of drug-likeness (QED) is 0.800. The summed E-state index contributed by atoms with van der Waals surface area (Å²) in [6.07, 6.45) is 2.90. The van der Waals surface area contributed by atoms with Gasteiger partial charge in [-0.05, 0) is 25.0 Å². The molecule has 2 heterocycles. The van der Waals surface area contributed by atoms with Crippen molar-refractivity contribution in [1.82, 2.24) is 9.88 Å². The van der Waals surface area contributed by atoms with Crippen LogP contribution < -0.4 is 0 Å². The Bertz CT molecular complexity index is 489. The Labute approximate surface area is 111 Å². The lowest BCUT2D eigenvalue weighted by Gasteiger charge is -2.31. The second-order valence-corrected chi connectivity index (χ2v) is 4.48. The molecule has 0 spiro atoms. The van der Waals surface area contributed by atoms with Crippen LogP contribution in [0.4, 0.5) is 0 Å². The third-order valence-corrected chi connectivity index (χ3v) is 3.23. The molecule has 1 atom stereocenters. The fourth-order valence-corrected chi connectivity index (χ4v) is 2.23. The van der Waals surface area contributed by atoms with Crippen LogP contribution in [0.25, 0.3) is 0 Å². The minimum atomic E-state index is -0.355. The number of hydrogen-bond donors (Lipinski definition) is 1. The van der Waals surface area contributed by atoms with E-state index >= 15 is 0 Å². The van der Waals surface area contributed by atoms with Crippen molar-refractivity contribution in [1.29, 1.82) is 0 Å². The summed E-state index contributed by atoms with van der Waals surface area (Å²) in [7, 11) is 1.34. The fraction of sp³-hybridized carbons (Fsp3) is 0.462. The predicted molar refractivity (Wildman–Crippen MR) is 66.5 cm³/mol. The summed E-state index contributed by atoms with van der Waals surface area (Å²) >= 11 is 0. The van der Waals surface area contributed by atoms with Crippen LogP contribution in [-0.2, 0) is 9.53 Å². The summed E-state index contributed by atoms with van der Waals surface area (Å²) in [4.78, 5) is 29.2. The first-order valence-corrected chi connectivity index (χ1v) is 6.14. The highest BCUT2D eigenvalue weighted by Gasteiger charge is 2.30. The molecular weight excluding hydrogens is 248 g/mol. The second kappa shape index (κ2) is 5.69. The molecule has 1 aromatic heterocycles. The van der Waals surface area contributed by atoms with E-state index in [0.717, 1.165) is 6.42 Å². The van der Waals surface area contributed by atoms with Gasteiger partial charge >= 0.3 is 5.97 Å². The molecule has 0 bridgehead atoms. The molecule has 1 fully saturated rings. The van der Waals surface area contributed by atoms with E-state index in [1.165, 1.54) is 24.3 Å². The van der Waals surface area contributed by atoms with Crippen LogP contribution in [0.5, 0.6) is 5.75 Å². The third-order valence-electron chi connectivity index (χ3n) is 3.23. The Balaban J connectivity index is 2.11. The predicted octanol–water partition coefficient (Wildman–Crippen LogP) is 0.812. The Kier molecular flexibility index (Phi) is 3.99. The maximum absolute atomic E-state index is 12.2. The molecule has 6 heteroatoms. The summed E-state index contributed by atoms with van der Waals surface area (Å²) < 4.78 is 4.71. The summed E-state index contributed by atoms with van der Waals surface area (Å²) in [6.45, 7) is 0.865. The molecule has 102 valence electrons. The number of likely N-dealkylation sites (tertiary alicyclic amines) is 1. The molecular formula is C13H16N2O4. The number of methoxy groups -OCH3 is 1. The standard InChI is InChI=1S/C13H16N2O4/c1-19-13(18)9-4-3-7-15(8-9)12(17)11-10(16)5-2-6-14-11/h2,5-6,9,16H,3-4,7-8H2,1H3. The first-order valence-electron chi connectivity index (χ1n) is 6.14. The SMILES string of the molecule is COC(=O)C1CCCN(C(=O)c2ncccc2O)C1. The number of carbonyl (C=O) groups excluding carboxylic acids is 2. The van der Waals surface area contributed by atoms with Crippen LogP contribution in [0.2, 0.25) is 0 Å². The number of esters is 1. The molecule has 6 nitrogen and oxygen atoms in total. The van der Waals surface area contributed by atoms with E-state index in [2.05, 4.69) is 4.98 Å². The molecule has 1 N–H and O–H groups in total. The Hall–Kier alpha value is -2.11. The van der Waals surface area contributed by atoms with E-state index in [0.29, 0.717) is 19.5 Å². The van der Waals surface area contributed by atoms with Crippen molar-refractivity contribution in [3.05, 3.63) is 24.0 Å².